The molecule has 0 unspecified atom stereocenters. The number of carbonyl (C=O) groups is 2. The zero-order chi connectivity index (χ0) is 18.8. The van der Waals surface area contributed by atoms with E-state index in [1.54, 1.807) is 35.0 Å². The van der Waals surface area contributed by atoms with E-state index in [9.17, 15) is 22.8 Å². The van der Waals surface area contributed by atoms with Gasteiger partial charge in [-0.3, -0.25) is 9.59 Å². The van der Waals surface area contributed by atoms with Crippen LogP contribution in [0.2, 0.25) is 0 Å². The fourth-order valence-corrected chi connectivity index (χ4v) is 2.63. The topological polar surface area (TPSA) is 63.1 Å². The van der Waals surface area contributed by atoms with Crippen LogP contribution in [0.4, 0.5) is 24.5 Å². The van der Waals surface area contributed by atoms with Crippen LogP contribution in [0.25, 0.3) is 10.9 Å². The normalized spacial score (nSPS) is 10.8. The third-order valence-corrected chi connectivity index (χ3v) is 3.75. The van der Waals surface area contributed by atoms with Gasteiger partial charge in [0.25, 0.3) is 0 Å². The van der Waals surface area contributed by atoms with Gasteiger partial charge in [-0.2, -0.15) is 0 Å². The van der Waals surface area contributed by atoms with E-state index in [1.165, 1.54) is 6.92 Å². The summed E-state index contributed by atoms with van der Waals surface area (Å²) >= 11 is 0. The van der Waals surface area contributed by atoms with Crippen LogP contribution < -0.4 is 10.6 Å². The molecule has 8 heteroatoms. The van der Waals surface area contributed by atoms with Gasteiger partial charge in [-0.15, -0.1) is 0 Å². The van der Waals surface area contributed by atoms with E-state index in [-0.39, 0.29) is 12.5 Å². The molecule has 1 aromatic heterocycles. The Morgan fingerprint density at radius 1 is 0.962 bits per heavy atom. The second-order valence-electron chi connectivity index (χ2n) is 5.63. The third-order valence-electron chi connectivity index (χ3n) is 3.75. The lowest BCUT2D eigenvalue weighted by Gasteiger charge is -2.10. The maximum atomic E-state index is 13.7. The molecule has 0 aliphatic heterocycles. The van der Waals surface area contributed by atoms with Crippen LogP contribution in [0.1, 0.15) is 6.92 Å². The van der Waals surface area contributed by atoms with Gasteiger partial charge in [0.2, 0.25) is 11.8 Å². The molecule has 3 rings (SSSR count). The number of carbonyl (C=O) groups excluding carboxylic acids is 2. The zero-order valence-electron chi connectivity index (χ0n) is 13.6. The fourth-order valence-electron chi connectivity index (χ4n) is 2.63. The number of aromatic nitrogens is 1. The minimum absolute atomic E-state index is 0.175. The Morgan fingerprint density at radius 3 is 2.46 bits per heavy atom. The lowest BCUT2D eigenvalue weighted by molar-refractivity contribution is -0.117. The highest BCUT2D eigenvalue weighted by Gasteiger charge is 2.16. The summed E-state index contributed by atoms with van der Waals surface area (Å²) in [6.45, 7) is 1.21. The Bertz CT molecular complexity index is 1010. The monoisotopic (exact) mass is 361 g/mol. The van der Waals surface area contributed by atoms with E-state index in [0.717, 1.165) is 17.5 Å². The lowest BCUT2D eigenvalue weighted by atomic mass is 10.2. The molecule has 26 heavy (non-hydrogen) atoms. The van der Waals surface area contributed by atoms with Crippen molar-refractivity contribution >= 4 is 34.1 Å². The summed E-state index contributed by atoms with van der Waals surface area (Å²) in [5, 5.41) is 5.64. The molecular weight excluding hydrogens is 347 g/mol. The summed E-state index contributed by atoms with van der Waals surface area (Å²) in [7, 11) is 0. The van der Waals surface area contributed by atoms with Gasteiger partial charge < -0.3 is 15.2 Å². The summed E-state index contributed by atoms with van der Waals surface area (Å²) in [4.78, 5) is 23.4. The summed E-state index contributed by atoms with van der Waals surface area (Å²) in [5.74, 6) is -5.27. The van der Waals surface area contributed by atoms with Crippen molar-refractivity contribution in [2.24, 2.45) is 0 Å². The highest BCUT2D eigenvalue weighted by molar-refractivity contribution is 6.01. The largest absolute Gasteiger partial charge is 0.338 e. The number of anilines is 2. The molecule has 3 aromatic rings. The molecule has 5 nitrogen and oxygen atoms in total. The summed E-state index contributed by atoms with van der Waals surface area (Å²) < 4.78 is 41.4. The number of hydrogen-bond donors (Lipinski definition) is 2. The van der Waals surface area contributed by atoms with Gasteiger partial charge in [-0.1, -0.05) is 6.07 Å². The molecule has 0 bridgehead atoms. The van der Waals surface area contributed by atoms with Crippen LogP contribution in [0.5, 0.6) is 0 Å². The Morgan fingerprint density at radius 2 is 1.73 bits per heavy atom. The van der Waals surface area contributed by atoms with Crippen molar-refractivity contribution in [1.29, 1.82) is 0 Å². The molecule has 0 fully saturated rings. The molecule has 0 saturated carbocycles. The van der Waals surface area contributed by atoms with Crippen LogP contribution in [0, 0.1) is 17.5 Å². The molecule has 0 aliphatic carbocycles. The molecule has 0 atom stereocenters. The standard InChI is InChI=1S/C18H14F3N3O2/c1-10(25)22-13-3-2-4-15-11(13)7-8-24(15)9-16(26)23-14-6-5-12(19)17(20)18(14)21/h2-8H,9H2,1H3,(H,22,25)(H,23,26). The maximum absolute atomic E-state index is 13.7. The summed E-state index contributed by atoms with van der Waals surface area (Å²) in [6, 6.07) is 8.62. The van der Waals surface area contributed by atoms with Gasteiger partial charge in [-0.05, 0) is 30.3 Å². The third kappa shape index (κ3) is 3.39. The number of nitrogens with zero attached hydrogens (tertiary/aromatic N) is 1. The number of nitrogens with one attached hydrogen (secondary N) is 2. The zero-order valence-corrected chi connectivity index (χ0v) is 13.6. The smallest absolute Gasteiger partial charge is 0.244 e. The van der Waals surface area contributed by atoms with Gasteiger partial charge in [0, 0.05) is 18.5 Å². The van der Waals surface area contributed by atoms with Crippen LogP contribution in [-0.2, 0) is 16.1 Å². The molecule has 2 N–H and O–H groups in total. The predicted molar refractivity (Wildman–Crippen MR) is 91.2 cm³/mol. The van der Waals surface area contributed by atoms with E-state index in [2.05, 4.69) is 10.6 Å². The first-order chi connectivity index (χ1) is 12.4. The van der Waals surface area contributed by atoms with Gasteiger partial charge >= 0.3 is 0 Å². The van der Waals surface area contributed by atoms with E-state index in [4.69, 9.17) is 0 Å². The predicted octanol–water partition coefficient (Wildman–Crippen LogP) is 3.66. The van der Waals surface area contributed by atoms with Crippen LogP contribution in [0.3, 0.4) is 0 Å². The molecule has 0 radical (unpaired) electrons. The van der Waals surface area contributed by atoms with Crippen LogP contribution >= 0.6 is 0 Å². The van der Waals surface area contributed by atoms with E-state index in [0.29, 0.717) is 11.2 Å². The number of halogens is 3. The maximum Gasteiger partial charge on any atom is 0.244 e. The minimum Gasteiger partial charge on any atom is -0.338 e. The van der Waals surface area contributed by atoms with Crippen molar-refractivity contribution in [2.45, 2.75) is 13.5 Å². The van der Waals surface area contributed by atoms with E-state index < -0.39 is 29.0 Å². The second-order valence-corrected chi connectivity index (χ2v) is 5.63. The molecule has 0 spiro atoms. The fraction of sp³-hybridized carbons (Fsp3) is 0.111. The number of hydrogen-bond acceptors (Lipinski definition) is 2. The SMILES string of the molecule is CC(=O)Nc1cccc2c1ccn2CC(=O)Nc1ccc(F)c(F)c1F. The second kappa shape index (κ2) is 6.91. The number of fused-ring (bicyclic) bond motifs is 1. The van der Waals surface area contributed by atoms with Crippen molar-refractivity contribution in [2.75, 3.05) is 10.6 Å². The highest BCUT2D eigenvalue weighted by atomic mass is 19.2. The van der Waals surface area contributed by atoms with Gasteiger partial charge in [-0.25, -0.2) is 13.2 Å². The molecule has 1 heterocycles. The Kier molecular flexibility index (Phi) is 4.66. The molecule has 2 amide bonds. The first-order valence-corrected chi connectivity index (χ1v) is 7.65. The Balaban J connectivity index is 1.82. The van der Waals surface area contributed by atoms with Gasteiger partial charge in [0.05, 0.1) is 16.9 Å². The van der Waals surface area contributed by atoms with Crippen molar-refractivity contribution < 1.29 is 22.8 Å². The van der Waals surface area contributed by atoms with Crippen LogP contribution in [0.15, 0.2) is 42.6 Å². The Labute approximate surface area is 146 Å². The number of amides is 2. The molecule has 134 valence electrons. The molecule has 0 aliphatic rings. The quantitative estimate of drug-likeness (QED) is 0.697. The van der Waals surface area contributed by atoms with Crippen molar-refractivity contribution in [1.82, 2.24) is 4.57 Å². The van der Waals surface area contributed by atoms with E-state index >= 15 is 0 Å². The summed E-state index contributed by atoms with van der Waals surface area (Å²) in [5.41, 5.74) is 0.835. The van der Waals surface area contributed by atoms with Crippen molar-refractivity contribution in [3.05, 3.63) is 60.0 Å². The van der Waals surface area contributed by atoms with Crippen molar-refractivity contribution in [3.8, 4) is 0 Å². The highest BCUT2D eigenvalue weighted by Crippen LogP contribution is 2.25. The molecule has 0 saturated heterocycles. The van der Waals surface area contributed by atoms with Crippen LogP contribution in [-0.4, -0.2) is 16.4 Å². The molecular formula is C18H14F3N3O2. The first kappa shape index (κ1) is 17.5. The van der Waals surface area contributed by atoms with Crippen molar-refractivity contribution in [3.63, 3.8) is 0 Å². The number of rotatable bonds is 4. The Hall–Kier alpha value is -3.29. The van der Waals surface area contributed by atoms with Gasteiger partial charge in [0.15, 0.2) is 17.5 Å². The lowest BCUT2D eigenvalue weighted by Crippen LogP contribution is -2.19. The molecule has 2 aromatic carbocycles. The number of benzene rings is 2. The van der Waals surface area contributed by atoms with Gasteiger partial charge in [0.1, 0.15) is 6.54 Å². The first-order valence-electron chi connectivity index (χ1n) is 7.65. The van der Waals surface area contributed by atoms with E-state index in [1.807, 2.05) is 0 Å². The summed E-state index contributed by atoms with van der Waals surface area (Å²) in [6.07, 6.45) is 1.64. The minimum atomic E-state index is -1.64. The average molecular weight is 361 g/mol. The average Bonchev–Trinajstić information content (AvgIpc) is 2.99.